The van der Waals surface area contributed by atoms with Gasteiger partial charge in [0.2, 0.25) is 0 Å². The van der Waals surface area contributed by atoms with Gasteiger partial charge in [0.15, 0.2) is 11.9 Å². The van der Waals surface area contributed by atoms with Crippen molar-refractivity contribution in [2.75, 3.05) is 5.32 Å². The first-order valence-electron chi connectivity index (χ1n) is 8.50. The van der Waals surface area contributed by atoms with E-state index in [1.807, 2.05) is 31.2 Å². The van der Waals surface area contributed by atoms with Crippen LogP contribution in [0.5, 0.6) is 0 Å². The summed E-state index contributed by atoms with van der Waals surface area (Å²) in [7, 11) is 0. The van der Waals surface area contributed by atoms with Crippen LogP contribution in [0.25, 0.3) is 5.82 Å². The Morgan fingerprint density at radius 1 is 1.15 bits per heavy atom. The molecule has 1 unspecified atom stereocenters. The van der Waals surface area contributed by atoms with Gasteiger partial charge < -0.3 is 10.1 Å². The first-order chi connectivity index (χ1) is 13.0. The molecule has 3 rings (SSSR count). The topological polar surface area (TPSA) is 86.1 Å². The summed E-state index contributed by atoms with van der Waals surface area (Å²) in [5.41, 5.74) is 2.55. The molecule has 1 atom stereocenters. The molecule has 7 heteroatoms. The molecule has 0 aliphatic rings. The number of rotatable bonds is 5. The van der Waals surface area contributed by atoms with E-state index < -0.39 is 18.0 Å². The van der Waals surface area contributed by atoms with E-state index in [2.05, 4.69) is 15.4 Å². The summed E-state index contributed by atoms with van der Waals surface area (Å²) in [5, 5.41) is 6.93. The number of aromatic nitrogens is 3. The Kier molecular flexibility index (Phi) is 5.30. The Labute approximate surface area is 157 Å². The molecule has 0 spiro atoms. The molecule has 0 radical (unpaired) electrons. The van der Waals surface area contributed by atoms with Gasteiger partial charge >= 0.3 is 5.97 Å². The van der Waals surface area contributed by atoms with E-state index in [1.54, 1.807) is 36.0 Å². The highest BCUT2D eigenvalue weighted by atomic mass is 16.5. The Hall–Kier alpha value is -3.48. The third kappa shape index (κ3) is 4.20. The van der Waals surface area contributed by atoms with E-state index in [4.69, 9.17) is 4.74 Å². The van der Waals surface area contributed by atoms with Gasteiger partial charge in [-0.05, 0) is 50.6 Å². The minimum Gasteiger partial charge on any atom is -0.449 e. The minimum atomic E-state index is -0.949. The van der Waals surface area contributed by atoms with E-state index in [0.717, 1.165) is 5.56 Å². The summed E-state index contributed by atoms with van der Waals surface area (Å²) in [5.74, 6) is -0.412. The zero-order valence-corrected chi connectivity index (χ0v) is 15.3. The SMILES string of the molecule is Cc1cccc(NC(=O)C(C)OC(=O)c2cnn(-c3ccccn3)c2C)c1. The number of nitrogens with zero attached hydrogens (tertiary/aromatic N) is 3. The minimum absolute atomic E-state index is 0.288. The second kappa shape index (κ2) is 7.82. The molecule has 1 amide bonds. The maximum absolute atomic E-state index is 12.5. The number of hydrogen-bond donors (Lipinski definition) is 1. The molecule has 0 fully saturated rings. The Balaban J connectivity index is 1.68. The zero-order valence-electron chi connectivity index (χ0n) is 15.3. The molecule has 2 heterocycles. The van der Waals surface area contributed by atoms with Gasteiger partial charge in [0, 0.05) is 11.9 Å². The molecule has 1 aromatic carbocycles. The summed E-state index contributed by atoms with van der Waals surface area (Å²) in [6.07, 6.45) is 2.11. The summed E-state index contributed by atoms with van der Waals surface area (Å²) < 4.78 is 6.86. The van der Waals surface area contributed by atoms with Crippen LogP contribution in [-0.2, 0) is 9.53 Å². The van der Waals surface area contributed by atoms with Crippen molar-refractivity contribution >= 4 is 17.6 Å². The molecule has 0 saturated heterocycles. The normalized spacial score (nSPS) is 11.7. The van der Waals surface area contributed by atoms with Crippen LogP contribution in [0, 0.1) is 13.8 Å². The first kappa shape index (κ1) is 18.3. The lowest BCUT2D eigenvalue weighted by atomic mass is 10.2. The highest BCUT2D eigenvalue weighted by Crippen LogP contribution is 2.15. The predicted molar refractivity (Wildman–Crippen MR) is 101 cm³/mol. The first-order valence-corrected chi connectivity index (χ1v) is 8.50. The predicted octanol–water partition coefficient (Wildman–Crippen LogP) is 3.07. The van der Waals surface area contributed by atoms with E-state index in [1.165, 1.54) is 13.1 Å². The maximum Gasteiger partial charge on any atom is 0.342 e. The summed E-state index contributed by atoms with van der Waals surface area (Å²) in [6, 6.07) is 12.8. The van der Waals surface area contributed by atoms with E-state index in [0.29, 0.717) is 17.2 Å². The number of anilines is 1. The molecule has 2 aromatic heterocycles. The van der Waals surface area contributed by atoms with Gasteiger partial charge in [0.25, 0.3) is 5.91 Å². The van der Waals surface area contributed by atoms with Crippen molar-refractivity contribution in [3.63, 3.8) is 0 Å². The average molecular weight is 364 g/mol. The van der Waals surface area contributed by atoms with Crippen molar-refractivity contribution in [2.24, 2.45) is 0 Å². The lowest BCUT2D eigenvalue weighted by molar-refractivity contribution is -0.123. The summed E-state index contributed by atoms with van der Waals surface area (Å²) >= 11 is 0. The van der Waals surface area contributed by atoms with Crippen molar-refractivity contribution in [2.45, 2.75) is 26.9 Å². The average Bonchev–Trinajstić information content (AvgIpc) is 3.04. The molecule has 0 saturated carbocycles. The number of benzene rings is 1. The molecule has 1 N–H and O–H groups in total. The Morgan fingerprint density at radius 3 is 2.67 bits per heavy atom. The zero-order chi connectivity index (χ0) is 19.4. The van der Waals surface area contributed by atoms with Gasteiger partial charge in [0.05, 0.1) is 11.9 Å². The van der Waals surface area contributed by atoms with Gasteiger partial charge in [-0.1, -0.05) is 18.2 Å². The van der Waals surface area contributed by atoms with Crippen LogP contribution in [0.2, 0.25) is 0 Å². The van der Waals surface area contributed by atoms with Crippen molar-refractivity contribution in [1.82, 2.24) is 14.8 Å². The molecule has 0 bridgehead atoms. The smallest absolute Gasteiger partial charge is 0.342 e. The number of ether oxygens (including phenoxy) is 1. The van der Waals surface area contributed by atoms with Gasteiger partial charge in [-0.3, -0.25) is 4.79 Å². The van der Waals surface area contributed by atoms with Crippen LogP contribution in [0.3, 0.4) is 0 Å². The standard InChI is InChI=1S/C20H20N4O3/c1-13-7-6-8-16(11-13)23-19(25)15(3)27-20(26)17-12-22-24(14(17)2)18-9-4-5-10-21-18/h4-12,15H,1-3H3,(H,23,25). The number of carbonyl (C=O) groups is 2. The van der Waals surface area contributed by atoms with Crippen LogP contribution < -0.4 is 5.32 Å². The van der Waals surface area contributed by atoms with Crippen LogP contribution in [-0.4, -0.2) is 32.7 Å². The van der Waals surface area contributed by atoms with Crippen molar-refractivity contribution in [1.29, 1.82) is 0 Å². The fraction of sp³-hybridized carbons (Fsp3) is 0.200. The van der Waals surface area contributed by atoms with Crippen LogP contribution in [0.15, 0.2) is 54.9 Å². The molecular weight excluding hydrogens is 344 g/mol. The summed E-state index contributed by atoms with van der Waals surface area (Å²) in [6.45, 7) is 5.21. The highest BCUT2D eigenvalue weighted by Gasteiger charge is 2.22. The number of hydrogen-bond acceptors (Lipinski definition) is 5. The van der Waals surface area contributed by atoms with Gasteiger partial charge in [-0.25, -0.2) is 14.5 Å². The van der Waals surface area contributed by atoms with Crippen molar-refractivity contribution < 1.29 is 14.3 Å². The third-order valence-electron chi connectivity index (χ3n) is 4.03. The van der Waals surface area contributed by atoms with Crippen LogP contribution in [0.4, 0.5) is 5.69 Å². The molecule has 3 aromatic rings. The molecule has 27 heavy (non-hydrogen) atoms. The molecule has 7 nitrogen and oxygen atoms in total. The maximum atomic E-state index is 12.5. The quantitative estimate of drug-likeness (QED) is 0.703. The molecule has 0 aliphatic carbocycles. The fourth-order valence-corrected chi connectivity index (χ4v) is 2.56. The molecule has 138 valence electrons. The lowest BCUT2D eigenvalue weighted by Gasteiger charge is -2.13. The van der Waals surface area contributed by atoms with Crippen molar-refractivity contribution in [3.05, 3.63) is 71.7 Å². The van der Waals surface area contributed by atoms with Gasteiger partial charge in [0.1, 0.15) is 5.56 Å². The summed E-state index contributed by atoms with van der Waals surface area (Å²) in [4.78, 5) is 28.9. The number of nitrogens with one attached hydrogen (secondary N) is 1. The van der Waals surface area contributed by atoms with E-state index in [9.17, 15) is 9.59 Å². The van der Waals surface area contributed by atoms with Crippen LogP contribution in [0.1, 0.15) is 28.5 Å². The van der Waals surface area contributed by atoms with Gasteiger partial charge in [-0.2, -0.15) is 5.10 Å². The monoisotopic (exact) mass is 364 g/mol. The molecular formula is C20H20N4O3. The van der Waals surface area contributed by atoms with Crippen molar-refractivity contribution in [3.8, 4) is 5.82 Å². The number of carbonyl (C=O) groups excluding carboxylic acids is 2. The van der Waals surface area contributed by atoms with Crippen LogP contribution >= 0.6 is 0 Å². The second-order valence-corrected chi connectivity index (χ2v) is 6.15. The number of pyridine rings is 1. The van der Waals surface area contributed by atoms with Gasteiger partial charge in [-0.15, -0.1) is 0 Å². The highest BCUT2D eigenvalue weighted by molar-refractivity contribution is 5.97. The Morgan fingerprint density at radius 2 is 1.96 bits per heavy atom. The molecule has 0 aliphatic heterocycles. The lowest BCUT2D eigenvalue weighted by Crippen LogP contribution is -2.30. The number of aryl methyl sites for hydroxylation is 1. The number of amides is 1. The Bertz CT molecular complexity index is 966. The number of esters is 1. The van der Waals surface area contributed by atoms with E-state index >= 15 is 0 Å². The largest absolute Gasteiger partial charge is 0.449 e. The second-order valence-electron chi connectivity index (χ2n) is 6.15. The third-order valence-corrected chi connectivity index (χ3v) is 4.03. The van der Waals surface area contributed by atoms with E-state index in [-0.39, 0.29) is 5.56 Å². The fourth-order valence-electron chi connectivity index (χ4n) is 2.56.